The van der Waals surface area contributed by atoms with Gasteiger partial charge in [0.05, 0.1) is 4.92 Å². The molecule has 7 nitrogen and oxygen atoms in total. The Hall–Kier alpha value is -1.03. The van der Waals surface area contributed by atoms with Crippen LogP contribution >= 0.6 is 15.9 Å². The molecule has 21 heavy (non-hydrogen) atoms. The van der Waals surface area contributed by atoms with Gasteiger partial charge in [-0.05, 0) is 25.0 Å². The van der Waals surface area contributed by atoms with Gasteiger partial charge in [-0.15, -0.1) is 0 Å². The number of benzene rings is 1. The fourth-order valence-corrected chi connectivity index (χ4v) is 4.70. The van der Waals surface area contributed by atoms with Crippen LogP contribution in [0.15, 0.2) is 27.6 Å². The highest BCUT2D eigenvalue weighted by molar-refractivity contribution is 9.10. The van der Waals surface area contributed by atoms with Crippen LogP contribution < -0.4 is 5.73 Å². The molecule has 1 aliphatic rings. The van der Waals surface area contributed by atoms with Crippen molar-refractivity contribution in [1.29, 1.82) is 0 Å². The maximum Gasteiger partial charge on any atom is 0.290 e. The molecule has 9 heteroatoms. The van der Waals surface area contributed by atoms with Crippen molar-refractivity contribution in [2.24, 2.45) is 5.73 Å². The molecule has 1 heterocycles. The Morgan fingerprint density at radius 2 is 2.14 bits per heavy atom. The van der Waals surface area contributed by atoms with Crippen molar-refractivity contribution in [3.63, 3.8) is 0 Å². The number of nitro benzene ring substituents is 1. The zero-order valence-corrected chi connectivity index (χ0v) is 13.6. The minimum Gasteiger partial charge on any atom is -0.329 e. The number of rotatable bonds is 4. The number of halogens is 1. The number of nitro groups is 1. The Labute approximate surface area is 131 Å². The third kappa shape index (κ3) is 3.25. The first kappa shape index (κ1) is 16.3. The Balaban J connectivity index is 2.51. The van der Waals surface area contributed by atoms with Crippen molar-refractivity contribution in [3.05, 3.63) is 32.8 Å². The summed E-state index contributed by atoms with van der Waals surface area (Å²) < 4.78 is 27.2. The molecule has 2 rings (SSSR count). The highest BCUT2D eigenvalue weighted by Gasteiger charge is 2.36. The second-order valence-electron chi connectivity index (χ2n) is 4.87. The Morgan fingerprint density at radius 3 is 2.76 bits per heavy atom. The third-order valence-corrected chi connectivity index (χ3v) is 6.04. The van der Waals surface area contributed by atoms with E-state index < -0.39 is 20.6 Å². The van der Waals surface area contributed by atoms with Gasteiger partial charge in [-0.2, -0.15) is 4.31 Å². The van der Waals surface area contributed by atoms with Crippen molar-refractivity contribution in [1.82, 2.24) is 4.31 Å². The van der Waals surface area contributed by atoms with Crippen LogP contribution in [0, 0.1) is 10.1 Å². The summed E-state index contributed by atoms with van der Waals surface area (Å²) in [6.07, 6.45) is 2.33. The first-order valence-electron chi connectivity index (χ1n) is 6.53. The summed E-state index contributed by atoms with van der Waals surface area (Å²) in [5, 5.41) is 11.1. The molecule has 116 valence electrons. The average Bonchev–Trinajstić information content (AvgIpc) is 2.46. The van der Waals surface area contributed by atoms with Crippen molar-refractivity contribution in [2.45, 2.75) is 30.2 Å². The van der Waals surface area contributed by atoms with E-state index >= 15 is 0 Å². The second-order valence-corrected chi connectivity index (χ2v) is 7.64. The molecule has 1 aromatic rings. The highest BCUT2D eigenvalue weighted by atomic mass is 79.9. The van der Waals surface area contributed by atoms with Gasteiger partial charge < -0.3 is 5.73 Å². The molecule has 1 saturated heterocycles. The monoisotopic (exact) mass is 377 g/mol. The maximum absolute atomic E-state index is 12.7. The van der Waals surface area contributed by atoms with Gasteiger partial charge in [-0.3, -0.25) is 10.1 Å². The van der Waals surface area contributed by atoms with E-state index in [1.165, 1.54) is 22.5 Å². The summed E-state index contributed by atoms with van der Waals surface area (Å²) in [5.41, 5.74) is 5.22. The van der Waals surface area contributed by atoms with Crippen molar-refractivity contribution < 1.29 is 13.3 Å². The Morgan fingerprint density at radius 1 is 1.43 bits per heavy atom. The van der Waals surface area contributed by atoms with Gasteiger partial charge in [0.1, 0.15) is 0 Å². The van der Waals surface area contributed by atoms with Crippen LogP contribution in [0.2, 0.25) is 0 Å². The van der Waals surface area contributed by atoms with Gasteiger partial charge in [-0.25, -0.2) is 8.42 Å². The summed E-state index contributed by atoms with van der Waals surface area (Å²) in [6.45, 7) is 0.557. The Bertz CT molecular complexity index is 650. The average molecular weight is 378 g/mol. The van der Waals surface area contributed by atoms with E-state index in [1.54, 1.807) is 0 Å². The molecule has 1 fully saturated rings. The minimum atomic E-state index is -3.92. The van der Waals surface area contributed by atoms with E-state index in [9.17, 15) is 18.5 Å². The lowest BCUT2D eigenvalue weighted by Gasteiger charge is -2.33. The van der Waals surface area contributed by atoms with Gasteiger partial charge >= 0.3 is 0 Å². The lowest BCUT2D eigenvalue weighted by Crippen LogP contribution is -2.47. The highest BCUT2D eigenvalue weighted by Crippen LogP contribution is 2.32. The van der Waals surface area contributed by atoms with Gasteiger partial charge in [0.15, 0.2) is 4.90 Å². The summed E-state index contributed by atoms with van der Waals surface area (Å²) in [5.74, 6) is 0. The summed E-state index contributed by atoms with van der Waals surface area (Å²) in [6, 6.07) is 3.65. The zero-order chi connectivity index (χ0) is 15.6. The molecule has 1 atom stereocenters. The number of hydrogen-bond acceptors (Lipinski definition) is 5. The fraction of sp³-hybridized carbons (Fsp3) is 0.500. The third-order valence-electron chi connectivity index (χ3n) is 3.55. The molecule has 1 aromatic carbocycles. The van der Waals surface area contributed by atoms with Crippen LogP contribution in [0.1, 0.15) is 19.3 Å². The van der Waals surface area contributed by atoms with E-state index in [4.69, 9.17) is 5.73 Å². The number of sulfonamides is 1. The first-order chi connectivity index (χ1) is 9.87. The SMILES string of the molecule is NCC1CCCCN1S(=O)(=O)c1ccc(Br)cc1[N+](=O)[O-]. The van der Waals surface area contributed by atoms with Gasteiger partial charge in [0, 0.05) is 29.7 Å². The quantitative estimate of drug-likeness (QED) is 0.636. The summed E-state index contributed by atoms with van der Waals surface area (Å²) in [7, 11) is -3.92. The molecule has 0 amide bonds. The first-order valence-corrected chi connectivity index (χ1v) is 8.77. The second kappa shape index (κ2) is 6.39. The molecule has 0 aromatic heterocycles. The number of hydrogen-bond donors (Lipinski definition) is 1. The number of nitrogens with two attached hydrogens (primary N) is 1. The standard InChI is InChI=1S/C12H16BrN3O4S/c13-9-4-5-12(11(7-9)16(17)18)21(19,20)15-6-2-1-3-10(15)8-14/h4-5,7,10H,1-3,6,8,14H2. The van der Waals surface area contributed by atoms with E-state index in [1.807, 2.05) is 0 Å². The lowest BCUT2D eigenvalue weighted by molar-refractivity contribution is -0.387. The van der Waals surface area contributed by atoms with Crippen LogP contribution in [-0.4, -0.2) is 36.8 Å². The summed E-state index contributed by atoms with van der Waals surface area (Å²) >= 11 is 3.12. The molecular weight excluding hydrogens is 362 g/mol. The predicted octanol–water partition coefficient (Wildman–Crippen LogP) is 1.86. The van der Waals surface area contributed by atoms with Gasteiger partial charge in [0.25, 0.3) is 5.69 Å². The topological polar surface area (TPSA) is 107 Å². The molecule has 0 bridgehead atoms. The molecular formula is C12H16BrN3O4S. The molecule has 0 aliphatic carbocycles. The van der Waals surface area contributed by atoms with Crippen molar-refractivity contribution >= 4 is 31.6 Å². The van der Waals surface area contributed by atoms with Gasteiger partial charge in [-0.1, -0.05) is 22.4 Å². The smallest absolute Gasteiger partial charge is 0.290 e. The maximum atomic E-state index is 12.7. The van der Waals surface area contributed by atoms with Crippen molar-refractivity contribution in [2.75, 3.05) is 13.1 Å². The largest absolute Gasteiger partial charge is 0.329 e. The van der Waals surface area contributed by atoms with Crippen molar-refractivity contribution in [3.8, 4) is 0 Å². The normalized spacial score (nSPS) is 20.4. The number of piperidine rings is 1. The van der Waals surface area contributed by atoms with Crippen LogP contribution in [-0.2, 0) is 10.0 Å². The zero-order valence-electron chi connectivity index (χ0n) is 11.2. The molecule has 0 radical (unpaired) electrons. The molecule has 0 spiro atoms. The minimum absolute atomic E-state index is 0.212. The molecule has 1 unspecified atom stereocenters. The predicted molar refractivity (Wildman–Crippen MR) is 81.4 cm³/mol. The molecule has 1 aliphatic heterocycles. The van der Waals surface area contributed by atoms with Crippen LogP contribution in [0.4, 0.5) is 5.69 Å². The molecule has 2 N–H and O–H groups in total. The van der Waals surface area contributed by atoms with E-state index in [0.717, 1.165) is 12.8 Å². The van der Waals surface area contributed by atoms with Crippen LogP contribution in [0.25, 0.3) is 0 Å². The van der Waals surface area contributed by atoms with E-state index in [0.29, 0.717) is 17.4 Å². The Kier molecular flexibility index (Phi) is 4.97. The lowest BCUT2D eigenvalue weighted by atomic mass is 10.1. The van der Waals surface area contributed by atoms with Crippen LogP contribution in [0.5, 0.6) is 0 Å². The van der Waals surface area contributed by atoms with Gasteiger partial charge in [0.2, 0.25) is 10.0 Å². The van der Waals surface area contributed by atoms with Crippen LogP contribution in [0.3, 0.4) is 0 Å². The number of nitrogens with zero attached hydrogens (tertiary/aromatic N) is 2. The molecule has 0 saturated carbocycles. The van der Waals surface area contributed by atoms with E-state index in [-0.39, 0.29) is 17.5 Å². The summed E-state index contributed by atoms with van der Waals surface area (Å²) in [4.78, 5) is 10.2. The van der Waals surface area contributed by atoms with E-state index in [2.05, 4.69) is 15.9 Å². The fourth-order valence-electron chi connectivity index (χ4n) is 2.50.